The maximum absolute atomic E-state index is 5.88. The van der Waals surface area contributed by atoms with E-state index < -0.39 is 0 Å². The lowest BCUT2D eigenvalue weighted by molar-refractivity contribution is 1.18. The lowest BCUT2D eigenvalue weighted by Crippen LogP contribution is -1.99. The highest BCUT2D eigenvalue weighted by Crippen LogP contribution is 2.26. The van der Waals surface area contributed by atoms with Crippen LogP contribution in [0.25, 0.3) is 0 Å². The van der Waals surface area contributed by atoms with Crippen molar-refractivity contribution in [2.24, 2.45) is 0 Å². The number of thiophene rings is 1. The Balaban J connectivity index is 2.07. The highest BCUT2D eigenvalue weighted by atomic mass is 79.9. The van der Waals surface area contributed by atoms with Crippen molar-refractivity contribution in [1.29, 1.82) is 0 Å². The lowest BCUT2D eigenvalue weighted by atomic mass is 10.2. The van der Waals surface area contributed by atoms with Crippen molar-refractivity contribution in [2.75, 3.05) is 5.32 Å². The summed E-state index contributed by atoms with van der Waals surface area (Å²) in [5.41, 5.74) is 2.38. The average molecular weight is 317 g/mol. The molecule has 1 heterocycles. The maximum atomic E-state index is 5.88. The molecule has 0 atom stereocenters. The van der Waals surface area contributed by atoms with E-state index in [4.69, 9.17) is 11.6 Å². The van der Waals surface area contributed by atoms with E-state index in [2.05, 4.69) is 34.2 Å². The van der Waals surface area contributed by atoms with Crippen molar-refractivity contribution in [3.8, 4) is 0 Å². The van der Waals surface area contributed by atoms with Gasteiger partial charge in [0.2, 0.25) is 0 Å². The molecule has 2 rings (SSSR count). The Hall–Kier alpha value is -0.510. The molecule has 1 N–H and O–H groups in total. The summed E-state index contributed by atoms with van der Waals surface area (Å²) in [4.78, 5) is 1.24. The van der Waals surface area contributed by atoms with Crippen LogP contribution in [-0.2, 0) is 6.54 Å². The van der Waals surface area contributed by atoms with Crippen LogP contribution in [0.2, 0.25) is 4.34 Å². The number of nitrogens with one attached hydrogen (secondary N) is 1. The molecule has 0 aliphatic heterocycles. The Morgan fingerprint density at radius 2 is 2.12 bits per heavy atom. The Morgan fingerprint density at radius 1 is 1.31 bits per heavy atom. The van der Waals surface area contributed by atoms with Crippen LogP contribution < -0.4 is 5.32 Å². The summed E-state index contributed by atoms with van der Waals surface area (Å²) in [6.07, 6.45) is 0. The second-order valence-corrected chi connectivity index (χ2v) is 6.13. The van der Waals surface area contributed by atoms with Crippen LogP contribution in [0.4, 0.5) is 5.69 Å². The zero-order valence-corrected chi connectivity index (χ0v) is 11.9. The number of hydrogen-bond donors (Lipinski definition) is 1. The highest BCUT2D eigenvalue weighted by Gasteiger charge is 2.02. The first kappa shape index (κ1) is 12.0. The molecule has 16 heavy (non-hydrogen) atoms. The van der Waals surface area contributed by atoms with Gasteiger partial charge in [0, 0.05) is 21.6 Å². The summed E-state index contributed by atoms with van der Waals surface area (Å²) < 4.78 is 1.96. The standard InChI is InChI=1S/C12H11BrClNS/c1-8-10(13)3-2-4-11(8)15-7-9-5-6-12(14)16-9/h2-6,15H,7H2,1H3. The fourth-order valence-electron chi connectivity index (χ4n) is 1.43. The number of anilines is 1. The molecule has 4 heteroatoms. The van der Waals surface area contributed by atoms with Crippen LogP contribution in [0.3, 0.4) is 0 Å². The van der Waals surface area contributed by atoms with E-state index in [1.807, 2.05) is 24.3 Å². The van der Waals surface area contributed by atoms with Crippen molar-refractivity contribution in [3.05, 3.63) is 49.6 Å². The minimum absolute atomic E-state index is 0.814. The number of hydrogen-bond acceptors (Lipinski definition) is 2. The van der Waals surface area contributed by atoms with Crippen molar-refractivity contribution in [3.63, 3.8) is 0 Å². The molecular weight excluding hydrogens is 306 g/mol. The van der Waals surface area contributed by atoms with Crippen LogP contribution >= 0.6 is 38.9 Å². The average Bonchev–Trinajstić information content (AvgIpc) is 2.67. The molecule has 1 nitrogen and oxygen atoms in total. The van der Waals surface area contributed by atoms with E-state index >= 15 is 0 Å². The molecule has 0 aliphatic carbocycles. The molecular formula is C12H11BrClNS. The van der Waals surface area contributed by atoms with Gasteiger partial charge < -0.3 is 5.32 Å². The monoisotopic (exact) mass is 315 g/mol. The molecule has 0 aliphatic rings. The maximum Gasteiger partial charge on any atom is 0.0931 e. The van der Waals surface area contributed by atoms with Crippen molar-refractivity contribution in [1.82, 2.24) is 0 Å². The van der Waals surface area contributed by atoms with Crippen molar-refractivity contribution in [2.45, 2.75) is 13.5 Å². The van der Waals surface area contributed by atoms with Gasteiger partial charge in [-0.3, -0.25) is 0 Å². The minimum Gasteiger partial charge on any atom is -0.380 e. The van der Waals surface area contributed by atoms with E-state index in [0.29, 0.717) is 0 Å². The third-order valence-electron chi connectivity index (χ3n) is 2.35. The topological polar surface area (TPSA) is 12.0 Å². The van der Waals surface area contributed by atoms with Gasteiger partial charge >= 0.3 is 0 Å². The summed E-state index contributed by atoms with van der Waals surface area (Å²) in [5, 5.41) is 3.41. The normalized spacial score (nSPS) is 10.4. The minimum atomic E-state index is 0.814. The summed E-state index contributed by atoms with van der Waals surface area (Å²) in [6, 6.07) is 10.1. The fourth-order valence-corrected chi connectivity index (χ4v) is 2.82. The first-order valence-electron chi connectivity index (χ1n) is 4.90. The van der Waals surface area contributed by atoms with Gasteiger partial charge in [-0.15, -0.1) is 11.3 Å². The first-order chi connectivity index (χ1) is 7.66. The van der Waals surface area contributed by atoms with E-state index in [1.165, 1.54) is 10.4 Å². The van der Waals surface area contributed by atoms with Gasteiger partial charge in [0.05, 0.1) is 4.34 Å². The first-order valence-corrected chi connectivity index (χ1v) is 6.89. The second-order valence-electron chi connectivity index (χ2n) is 3.47. The van der Waals surface area contributed by atoms with Crippen LogP contribution in [0, 0.1) is 6.92 Å². The van der Waals surface area contributed by atoms with Crippen molar-refractivity contribution >= 4 is 44.6 Å². The quantitative estimate of drug-likeness (QED) is 0.832. The SMILES string of the molecule is Cc1c(Br)cccc1NCc1ccc(Cl)s1. The zero-order chi connectivity index (χ0) is 11.5. The van der Waals surface area contributed by atoms with E-state index in [9.17, 15) is 0 Å². The van der Waals surface area contributed by atoms with E-state index in [0.717, 1.165) is 21.0 Å². The van der Waals surface area contributed by atoms with Gasteiger partial charge in [-0.1, -0.05) is 33.6 Å². The lowest BCUT2D eigenvalue weighted by Gasteiger charge is -2.09. The summed E-state index contributed by atoms with van der Waals surface area (Å²) in [5.74, 6) is 0. The van der Waals surface area contributed by atoms with Crippen LogP contribution in [0.15, 0.2) is 34.8 Å². The molecule has 1 aromatic carbocycles. The summed E-state index contributed by atoms with van der Waals surface area (Å²) >= 11 is 11.0. The van der Waals surface area contributed by atoms with Gasteiger partial charge in [-0.05, 0) is 36.8 Å². The Morgan fingerprint density at radius 3 is 2.81 bits per heavy atom. The van der Waals surface area contributed by atoms with Crippen molar-refractivity contribution < 1.29 is 0 Å². The molecule has 0 unspecified atom stereocenters. The zero-order valence-electron chi connectivity index (χ0n) is 8.76. The predicted octanol–water partition coefficient (Wildman–Crippen LogP) is 5.08. The molecule has 0 radical (unpaired) electrons. The van der Waals surface area contributed by atoms with Crippen LogP contribution in [-0.4, -0.2) is 0 Å². The molecule has 0 bridgehead atoms. The van der Waals surface area contributed by atoms with E-state index in [1.54, 1.807) is 11.3 Å². The fraction of sp³-hybridized carbons (Fsp3) is 0.167. The Bertz CT molecular complexity index is 496. The third-order valence-corrected chi connectivity index (χ3v) is 4.44. The Labute approximate surface area is 113 Å². The second kappa shape index (κ2) is 5.21. The molecule has 0 fully saturated rings. The van der Waals surface area contributed by atoms with Gasteiger partial charge in [0.25, 0.3) is 0 Å². The van der Waals surface area contributed by atoms with Crippen LogP contribution in [0.5, 0.6) is 0 Å². The largest absolute Gasteiger partial charge is 0.380 e. The molecule has 0 spiro atoms. The number of halogens is 2. The molecule has 2 aromatic rings. The molecule has 1 aromatic heterocycles. The van der Waals surface area contributed by atoms with Crippen LogP contribution in [0.1, 0.15) is 10.4 Å². The van der Waals surface area contributed by atoms with Gasteiger partial charge in [-0.25, -0.2) is 0 Å². The van der Waals surface area contributed by atoms with Gasteiger partial charge in [0.1, 0.15) is 0 Å². The summed E-state index contributed by atoms with van der Waals surface area (Å²) in [7, 11) is 0. The highest BCUT2D eigenvalue weighted by molar-refractivity contribution is 9.10. The predicted molar refractivity (Wildman–Crippen MR) is 75.5 cm³/mol. The molecule has 0 saturated carbocycles. The molecule has 0 saturated heterocycles. The number of rotatable bonds is 3. The summed E-state index contributed by atoms with van der Waals surface area (Å²) in [6.45, 7) is 2.91. The third kappa shape index (κ3) is 2.78. The van der Waals surface area contributed by atoms with Gasteiger partial charge in [0.15, 0.2) is 0 Å². The number of benzene rings is 1. The smallest absolute Gasteiger partial charge is 0.0931 e. The van der Waals surface area contributed by atoms with E-state index in [-0.39, 0.29) is 0 Å². The molecule has 84 valence electrons. The molecule has 0 amide bonds. The van der Waals surface area contributed by atoms with Gasteiger partial charge in [-0.2, -0.15) is 0 Å². The Kier molecular flexibility index (Phi) is 3.90.